The second-order valence-electron chi connectivity index (χ2n) is 3.24. The minimum atomic E-state index is 0.529. The highest BCUT2D eigenvalue weighted by Gasteiger charge is 2.04. The average molecular weight is 279 g/mol. The summed E-state index contributed by atoms with van der Waals surface area (Å²) in [7, 11) is 0. The van der Waals surface area contributed by atoms with Gasteiger partial charge >= 0.3 is 0 Å². The molecule has 0 aliphatic heterocycles. The molecular weight excluding hydrogens is 265 g/mol. The van der Waals surface area contributed by atoms with E-state index in [-0.39, 0.29) is 0 Å². The van der Waals surface area contributed by atoms with Gasteiger partial charge < -0.3 is 5.73 Å². The van der Waals surface area contributed by atoms with Crippen LogP contribution in [0.1, 0.15) is 19.5 Å². The molecule has 1 aromatic rings. The fraction of sp³-hybridized carbons (Fsp3) is 0.625. The monoisotopic (exact) mass is 279 g/mol. The third-order valence-electron chi connectivity index (χ3n) is 1.53. The van der Waals surface area contributed by atoms with Crippen molar-refractivity contribution in [2.75, 3.05) is 0 Å². The number of nitrogens with zero attached hydrogens (tertiary/aromatic N) is 2. The van der Waals surface area contributed by atoms with E-state index in [1.165, 1.54) is 3.70 Å². The second-order valence-corrected chi connectivity index (χ2v) is 4.34. The molecule has 0 aromatic carbocycles. The van der Waals surface area contributed by atoms with Gasteiger partial charge in [0.05, 0.1) is 9.39 Å². The van der Waals surface area contributed by atoms with E-state index in [4.69, 9.17) is 5.73 Å². The molecule has 0 atom stereocenters. The molecule has 0 aliphatic carbocycles. The molecule has 0 radical (unpaired) electrons. The van der Waals surface area contributed by atoms with Gasteiger partial charge in [0.15, 0.2) is 0 Å². The van der Waals surface area contributed by atoms with Crippen LogP contribution >= 0.6 is 22.6 Å². The molecule has 4 heteroatoms. The number of halogens is 1. The Morgan fingerprint density at radius 3 is 2.75 bits per heavy atom. The van der Waals surface area contributed by atoms with Crippen LogP contribution in [-0.4, -0.2) is 9.78 Å². The molecule has 12 heavy (non-hydrogen) atoms. The first-order valence-electron chi connectivity index (χ1n) is 4.05. The molecule has 0 saturated heterocycles. The summed E-state index contributed by atoms with van der Waals surface area (Å²) in [5.41, 5.74) is 6.46. The minimum Gasteiger partial charge on any atom is -0.325 e. The Morgan fingerprint density at radius 2 is 2.33 bits per heavy atom. The zero-order chi connectivity index (χ0) is 9.14. The highest BCUT2D eigenvalue weighted by atomic mass is 127. The van der Waals surface area contributed by atoms with Gasteiger partial charge in [-0.05, 0) is 34.6 Å². The fourth-order valence-corrected chi connectivity index (χ4v) is 1.68. The van der Waals surface area contributed by atoms with E-state index in [0.29, 0.717) is 12.5 Å². The van der Waals surface area contributed by atoms with Crippen LogP contribution in [0.3, 0.4) is 0 Å². The lowest BCUT2D eigenvalue weighted by Crippen LogP contribution is -2.08. The molecule has 68 valence electrons. The van der Waals surface area contributed by atoms with Crippen LogP contribution in [0.2, 0.25) is 0 Å². The van der Waals surface area contributed by atoms with Crippen molar-refractivity contribution >= 4 is 22.6 Å². The van der Waals surface area contributed by atoms with Crippen LogP contribution in [0, 0.1) is 9.62 Å². The number of hydrogen-bond acceptors (Lipinski definition) is 2. The predicted octanol–water partition coefficient (Wildman–Crippen LogP) is 1.60. The van der Waals surface area contributed by atoms with Crippen LogP contribution in [0.25, 0.3) is 0 Å². The van der Waals surface area contributed by atoms with Crippen LogP contribution in [-0.2, 0) is 13.1 Å². The molecule has 0 aliphatic rings. The third kappa shape index (κ3) is 2.45. The summed E-state index contributed by atoms with van der Waals surface area (Å²) in [5.74, 6) is 0.629. The van der Waals surface area contributed by atoms with Crippen molar-refractivity contribution in [1.82, 2.24) is 9.78 Å². The number of hydrogen-bond donors (Lipinski definition) is 1. The molecular formula is C8H14IN3. The van der Waals surface area contributed by atoms with E-state index < -0.39 is 0 Å². The summed E-state index contributed by atoms with van der Waals surface area (Å²) >= 11 is 2.28. The lowest BCUT2D eigenvalue weighted by atomic mass is 10.2. The smallest absolute Gasteiger partial charge is 0.0992 e. The quantitative estimate of drug-likeness (QED) is 0.854. The van der Waals surface area contributed by atoms with E-state index in [9.17, 15) is 0 Å². The summed E-state index contributed by atoms with van der Waals surface area (Å²) in [4.78, 5) is 0. The Balaban J connectivity index is 2.77. The molecule has 0 amide bonds. The van der Waals surface area contributed by atoms with Gasteiger partial charge in [-0.1, -0.05) is 13.8 Å². The van der Waals surface area contributed by atoms with Crippen LogP contribution in [0.5, 0.6) is 0 Å². The van der Waals surface area contributed by atoms with Gasteiger partial charge in [0.25, 0.3) is 0 Å². The molecule has 1 heterocycles. The normalized spacial score (nSPS) is 11.1. The van der Waals surface area contributed by atoms with Crippen LogP contribution < -0.4 is 5.73 Å². The lowest BCUT2D eigenvalue weighted by Gasteiger charge is -2.05. The van der Waals surface area contributed by atoms with Crippen molar-refractivity contribution < 1.29 is 0 Å². The Morgan fingerprint density at radius 1 is 1.67 bits per heavy atom. The molecule has 0 unspecified atom stereocenters. The summed E-state index contributed by atoms with van der Waals surface area (Å²) in [5, 5.41) is 4.35. The van der Waals surface area contributed by atoms with E-state index >= 15 is 0 Å². The zero-order valence-electron chi connectivity index (χ0n) is 7.42. The van der Waals surface area contributed by atoms with Crippen molar-refractivity contribution in [3.05, 3.63) is 15.5 Å². The van der Waals surface area contributed by atoms with E-state index in [1.54, 1.807) is 0 Å². The standard InChI is InChI=1S/C8H14IN3/c1-6(2)5-12-8(9)3-7(4-10)11-12/h3,6H,4-5,10H2,1-2H3. The highest BCUT2D eigenvalue weighted by molar-refractivity contribution is 14.1. The summed E-state index contributed by atoms with van der Waals surface area (Å²) in [6, 6.07) is 2.03. The fourth-order valence-electron chi connectivity index (χ4n) is 1.02. The SMILES string of the molecule is CC(C)Cn1nc(CN)cc1I. The second kappa shape index (κ2) is 4.23. The van der Waals surface area contributed by atoms with Crippen LogP contribution in [0.4, 0.5) is 0 Å². The predicted molar refractivity (Wildman–Crippen MR) is 57.7 cm³/mol. The Labute approximate surface area is 86.5 Å². The van der Waals surface area contributed by atoms with E-state index in [2.05, 4.69) is 41.5 Å². The third-order valence-corrected chi connectivity index (χ3v) is 2.40. The number of aromatic nitrogens is 2. The average Bonchev–Trinajstić information content (AvgIpc) is 2.31. The number of nitrogens with two attached hydrogens (primary N) is 1. The molecule has 0 fully saturated rings. The molecule has 0 saturated carbocycles. The van der Waals surface area contributed by atoms with Gasteiger partial charge in [-0.3, -0.25) is 4.68 Å². The Hall–Kier alpha value is -0.100. The Kier molecular flexibility index (Phi) is 3.52. The van der Waals surface area contributed by atoms with Gasteiger partial charge in [-0.15, -0.1) is 0 Å². The van der Waals surface area contributed by atoms with Crippen molar-refractivity contribution in [2.24, 2.45) is 11.7 Å². The topological polar surface area (TPSA) is 43.8 Å². The molecule has 1 aromatic heterocycles. The highest BCUT2D eigenvalue weighted by Crippen LogP contribution is 2.09. The summed E-state index contributed by atoms with van der Waals surface area (Å²) in [6.45, 7) is 5.86. The minimum absolute atomic E-state index is 0.529. The zero-order valence-corrected chi connectivity index (χ0v) is 9.58. The van der Waals surface area contributed by atoms with Crippen molar-refractivity contribution in [1.29, 1.82) is 0 Å². The van der Waals surface area contributed by atoms with Crippen molar-refractivity contribution in [2.45, 2.75) is 26.9 Å². The first kappa shape index (κ1) is 9.98. The van der Waals surface area contributed by atoms with Crippen LogP contribution in [0.15, 0.2) is 6.07 Å². The van der Waals surface area contributed by atoms with Gasteiger partial charge in [-0.2, -0.15) is 5.10 Å². The maximum absolute atomic E-state index is 5.48. The van der Waals surface area contributed by atoms with Gasteiger partial charge in [0, 0.05) is 13.1 Å². The largest absolute Gasteiger partial charge is 0.325 e. The lowest BCUT2D eigenvalue weighted by molar-refractivity contribution is 0.472. The van der Waals surface area contributed by atoms with Gasteiger partial charge in [0.1, 0.15) is 0 Å². The van der Waals surface area contributed by atoms with Gasteiger partial charge in [-0.25, -0.2) is 0 Å². The molecule has 0 bridgehead atoms. The van der Waals surface area contributed by atoms with E-state index in [0.717, 1.165) is 12.2 Å². The molecule has 3 nitrogen and oxygen atoms in total. The van der Waals surface area contributed by atoms with Gasteiger partial charge in [0.2, 0.25) is 0 Å². The summed E-state index contributed by atoms with van der Waals surface area (Å²) < 4.78 is 3.18. The van der Waals surface area contributed by atoms with E-state index in [1.807, 2.05) is 10.7 Å². The molecule has 1 rings (SSSR count). The summed E-state index contributed by atoms with van der Waals surface area (Å²) in [6.07, 6.45) is 0. The number of rotatable bonds is 3. The molecule has 2 N–H and O–H groups in total. The maximum atomic E-state index is 5.48. The first-order chi connectivity index (χ1) is 5.63. The Bertz CT molecular complexity index is 255. The van der Waals surface area contributed by atoms with Crippen molar-refractivity contribution in [3.8, 4) is 0 Å². The first-order valence-corrected chi connectivity index (χ1v) is 5.13. The molecule has 0 spiro atoms. The van der Waals surface area contributed by atoms with Crippen molar-refractivity contribution in [3.63, 3.8) is 0 Å². The maximum Gasteiger partial charge on any atom is 0.0992 e.